The van der Waals surface area contributed by atoms with Gasteiger partial charge in [-0.3, -0.25) is 14.4 Å². The van der Waals surface area contributed by atoms with Crippen molar-refractivity contribution in [2.75, 3.05) is 33.2 Å². The summed E-state index contributed by atoms with van der Waals surface area (Å²) >= 11 is 0. The highest BCUT2D eigenvalue weighted by Gasteiger charge is 2.29. The summed E-state index contributed by atoms with van der Waals surface area (Å²) in [6.07, 6.45) is 4.82. The Labute approximate surface area is 186 Å². The number of halogens is 2. The molecule has 1 fully saturated rings. The molecule has 0 aliphatic carbocycles. The lowest BCUT2D eigenvalue weighted by atomic mass is 10.1. The number of likely N-dealkylation sites (tertiary alicyclic amines) is 1. The van der Waals surface area contributed by atoms with Gasteiger partial charge in [0.1, 0.15) is 6.04 Å². The summed E-state index contributed by atoms with van der Waals surface area (Å²) in [6, 6.07) is 10.3. The lowest BCUT2D eigenvalue weighted by Gasteiger charge is -2.28. The summed E-state index contributed by atoms with van der Waals surface area (Å²) in [5.41, 5.74) is 2.27. The summed E-state index contributed by atoms with van der Waals surface area (Å²) in [5.74, 6) is 0.665. The number of carbonyl (C=O) groups is 1. The molecular formula is C21H33Cl2N5O. The third-order valence-electron chi connectivity index (χ3n) is 5.38. The Balaban J connectivity index is 0.00000210. The van der Waals surface area contributed by atoms with E-state index in [-0.39, 0.29) is 36.8 Å². The van der Waals surface area contributed by atoms with Crippen LogP contribution in [0.3, 0.4) is 0 Å². The van der Waals surface area contributed by atoms with Gasteiger partial charge in [-0.25, -0.2) is 0 Å². The van der Waals surface area contributed by atoms with Crippen molar-refractivity contribution in [3.63, 3.8) is 0 Å². The fourth-order valence-corrected chi connectivity index (χ4v) is 3.94. The third kappa shape index (κ3) is 6.71. The third-order valence-corrected chi connectivity index (χ3v) is 5.38. The number of aromatic nitrogens is 2. The first-order valence-corrected chi connectivity index (χ1v) is 9.81. The molecule has 0 radical (unpaired) electrons. The number of carbonyl (C=O) groups excluding carboxylic acids is 1. The summed E-state index contributed by atoms with van der Waals surface area (Å²) in [5, 5.41) is 7.36. The van der Waals surface area contributed by atoms with Crippen LogP contribution in [0.2, 0.25) is 0 Å². The van der Waals surface area contributed by atoms with Gasteiger partial charge in [0.15, 0.2) is 0 Å². The Hall–Kier alpha value is -1.60. The van der Waals surface area contributed by atoms with Crippen molar-refractivity contribution in [1.29, 1.82) is 0 Å². The molecule has 2 aromatic rings. The maximum absolute atomic E-state index is 13.1. The van der Waals surface area contributed by atoms with Crippen molar-refractivity contribution in [2.24, 2.45) is 13.0 Å². The maximum Gasteiger partial charge on any atom is 0.244 e. The van der Waals surface area contributed by atoms with E-state index in [9.17, 15) is 4.79 Å². The molecule has 1 N–H and O–H groups in total. The molecule has 2 atom stereocenters. The average molecular weight is 442 g/mol. The zero-order valence-corrected chi connectivity index (χ0v) is 19.1. The van der Waals surface area contributed by atoms with Crippen LogP contribution in [0.5, 0.6) is 0 Å². The molecule has 162 valence electrons. The quantitative estimate of drug-likeness (QED) is 0.683. The highest BCUT2D eigenvalue weighted by Crippen LogP contribution is 2.22. The van der Waals surface area contributed by atoms with Crippen molar-refractivity contribution in [2.45, 2.75) is 25.9 Å². The number of nitrogens with zero attached hydrogens (tertiary/aromatic N) is 4. The number of nitrogens with one attached hydrogen (secondary N) is 1. The number of hydrogen-bond acceptors (Lipinski definition) is 4. The second-order valence-electron chi connectivity index (χ2n) is 7.42. The number of hydrogen-bond donors (Lipinski definition) is 1. The first kappa shape index (κ1) is 25.4. The molecule has 0 bridgehead atoms. The molecule has 29 heavy (non-hydrogen) atoms. The minimum Gasteiger partial charge on any atom is -0.341 e. The SMILES string of the molecule is CCN(CC1CCN(Cc2ccccc2)C1)C(=O)C(NC)c1cnn(C)c1.Cl.Cl. The smallest absolute Gasteiger partial charge is 0.244 e. The summed E-state index contributed by atoms with van der Waals surface area (Å²) < 4.78 is 1.74. The van der Waals surface area contributed by atoms with Gasteiger partial charge >= 0.3 is 0 Å². The Kier molecular flexibility index (Phi) is 10.7. The van der Waals surface area contributed by atoms with E-state index >= 15 is 0 Å². The van der Waals surface area contributed by atoms with E-state index in [1.165, 1.54) is 5.56 Å². The molecule has 1 aromatic carbocycles. The van der Waals surface area contributed by atoms with Crippen LogP contribution in [0.25, 0.3) is 0 Å². The van der Waals surface area contributed by atoms with E-state index in [1.54, 1.807) is 10.9 Å². The predicted octanol–water partition coefficient (Wildman–Crippen LogP) is 2.89. The van der Waals surface area contributed by atoms with Gasteiger partial charge in [0, 0.05) is 45.0 Å². The first-order chi connectivity index (χ1) is 13.1. The fraction of sp³-hybridized carbons (Fsp3) is 0.524. The van der Waals surface area contributed by atoms with E-state index in [0.717, 1.165) is 44.7 Å². The van der Waals surface area contributed by atoms with Crippen molar-refractivity contribution >= 4 is 30.7 Å². The van der Waals surface area contributed by atoms with Gasteiger partial charge in [0.2, 0.25) is 5.91 Å². The summed E-state index contributed by atoms with van der Waals surface area (Å²) in [4.78, 5) is 17.6. The van der Waals surface area contributed by atoms with Crippen LogP contribution < -0.4 is 5.32 Å². The van der Waals surface area contributed by atoms with Gasteiger partial charge in [-0.2, -0.15) is 5.10 Å². The molecule has 1 saturated heterocycles. The van der Waals surface area contributed by atoms with Gasteiger partial charge < -0.3 is 10.2 Å². The van der Waals surface area contributed by atoms with Crippen LogP contribution in [-0.4, -0.2) is 58.7 Å². The first-order valence-electron chi connectivity index (χ1n) is 9.81. The number of benzene rings is 1. The molecule has 0 spiro atoms. The molecule has 2 unspecified atom stereocenters. The average Bonchev–Trinajstić information content (AvgIpc) is 3.30. The number of likely N-dealkylation sites (N-methyl/N-ethyl adjacent to an activating group) is 2. The lowest BCUT2D eigenvalue weighted by Crippen LogP contribution is -2.42. The highest BCUT2D eigenvalue weighted by molar-refractivity contribution is 5.85. The zero-order chi connectivity index (χ0) is 19.2. The van der Waals surface area contributed by atoms with Crippen molar-refractivity contribution in [3.05, 3.63) is 53.9 Å². The zero-order valence-electron chi connectivity index (χ0n) is 17.5. The second-order valence-corrected chi connectivity index (χ2v) is 7.42. The molecular weight excluding hydrogens is 409 g/mol. The maximum atomic E-state index is 13.1. The Morgan fingerprint density at radius 2 is 2.03 bits per heavy atom. The Morgan fingerprint density at radius 1 is 1.31 bits per heavy atom. The highest BCUT2D eigenvalue weighted by atomic mass is 35.5. The molecule has 1 aromatic heterocycles. The molecule has 8 heteroatoms. The minimum absolute atomic E-state index is 0. The molecule has 1 aliphatic heterocycles. The topological polar surface area (TPSA) is 53.4 Å². The van der Waals surface area contributed by atoms with Crippen molar-refractivity contribution in [3.8, 4) is 0 Å². The van der Waals surface area contributed by atoms with Gasteiger partial charge in [-0.15, -0.1) is 24.8 Å². The molecule has 6 nitrogen and oxygen atoms in total. The van der Waals surface area contributed by atoms with Gasteiger partial charge in [-0.1, -0.05) is 30.3 Å². The Bertz CT molecular complexity index is 740. The number of amides is 1. The minimum atomic E-state index is -0.333. The fourth-order valence-electron chi connectivity index (χ4n) is 3.94. The Morgan fingerprint density at radius 3 is 2.62 bits per heavy atom. The van der Waals surface area contributed by atoms with E-state index in [0.29, 0.717) is 5.92 Å². The molecule has 3 rings (SSSR count). The van der Waals surface area contributed by atoms with Crippen molar-refractivity contribution < 1.29 is 4.79 Å². The van der Waals surface area contributed by atoms with E-state index in [1.807, 2.05) is 25.2 Å². The van der Waals surface area contributed by atoms with E-state index in [2.05, 4.69) is 52.6 Å². The summed E-state index contributed by atoms with van der Waals surface area (Å²) in [7, 11) is 3.71. The van der Waals surface area contributed by atoms with Crippen LogP contribution in [0.15, 0.2) is 42.7 Å². The monoisotopic (exact) mass is 441 g/mol. The molecule has 0 saturated carbocycles. The van der Waals surface area contributed by atoms with Crippen LogP contribution in [0, 0.1) is 5.92 Å². The molecule has 2 heterocycles. The van der Waals surface area contributed by atoms with Gasteiger partial charge in [0.25, 0.3) is 0 Å². The molecule has 1 amide bonds. The normalized spacial score (nSPS) is 17.3. The van der Waals surface area contributed by atoms with Crippen LogP contribution in [0.4, 0.5) is 0 Å². The largest absolute Gasteiger partial charge is 0.341 e. The van der Waals surface area contributed by atoms with Crippen LogP contribution in [0.1, 0.15) is 30.5 Å². The lowest BCUT2D eigenvalue weighted by molar-refractivity contribution is -0.133. The van der Waals surface area contributed by atoms with Crippen molar-refractivity contribution in [1.82, 2.24) is 24.9 Å². The second kappa shape index (κ2) is 12.2. The van der Waals surface area contributed by atoms with E-state index < -0.39 is 0 Å². The standard InChI is InChI=1S/C21H31N5O.2ClH/c1-4-26(21(27)20(22-2)19-12-23-24(3)16-19)15-18-10-11-25(14-18)13-17-8-6-5-7-9-17;;/h5-9,12,16,18,20,22H,4,10-11,13-15H2,1-3H3;2*1H. The number of aryl methyl sites for hydroxylation is 1. The van der Waals surface area contributed by atoms with Crippen LogP contribution in [-0.2, 0) is 18.4 Å². The van der Waals surface area contributed by atoms with E-state index in [4.69, 9.17) is 0 Å². The number of rotatable bonds is 8. The van der Waals surface area contributed by atoms with Gasteiger partial charge in [0.05, 0.1) is 6.20 Å². The summed E-state index contributed by atoms with van der Waals surface area (Å²) in [6.45, 7) is 6.75. The molecule has 1 aliphatic rings. The van der Waals surface area contributed by atoms with Crippen LogP contribution >= 0.6 is 24.8 Å². The predicted molar refractivity (Wildman–Crippen MR) is 122 cm³/mol. The van der Waals surface area contributed by atoms with Gasteiger partial charge in [-0.05, 0) is 38.4 Å².